The van der Waals surface area contributed by atoms with Crippen LogP contribution in [0.5, 0.6) is 0 Å². The van der Waals surface area contributed by atoms with Crippen molar-refractivity contribution in [2.75, 3.05) is 78.6 Å². The molecule has 0 radical (unpaired) electrons. The largest absolute Gasteiger partial charge is 0.394 e. The number of Topliss-reactive ketones (excluding diaryl/α,β-unsaturated/α-hetero) is 1. The van der Waals surface area contributed by atoms with Gasteiger partial charge in [-0.05, 0) is 55.5 Å². The van der Waals surface area contributed by atoms with Crippen molar-refractivity contribution in [1.82, 2.24) is 14.9 Å². The van der Waals surface area contributed by atoms with Crippen molar-refractivity contribution in [3.8, 4) is 0 Å². The van der Waals surface area contributed by atoms with Crippen LogP contribution in [0, 0.1) is 0 Å². The highest BCUT2D eigenvalue weighted by Gasteiger charge is 2.24. The van der Waals surface area contributed by atoms with Gasteiger partial charge in [0, 0.05) is 61.9 Å². The topological polar surface area (TPSA) is 129 Å². The van der Waals surface area contributed by atoms with Gasteiger partial charge in [-0.2, -0.15) is 4.98 Å². The molecule has 0 aliphatic carbocycles. The van der Waals surface area contributed by atoms with Gasteiger partial charge in [0.25, 0.3) is 0 Å². The number of ether oxygens (including phenoxy) is 1. The van der Waals surface area contributed by atoms with E-state index in [0.29, 0.717) is 54.9 Å². The molecule has 0 spiro atoms. The van der Waals surface area contributed by atoms with E-state index in [-0.39, 0.29) is 11.8 Å². The molecule has 11 heteroatoms. The SMILES string of the molecule is CC(=O)c1ccc(NC(=O)N2CCN(c3nc(Nc4ccc(N5CCOCC5)cc4)ncc3N)CC2)cc1. The third-order valence-corrected chi connectivity index (χ3v) is 6.70. The maximum absolute atomic E-state index is 12.7. The van der Waals surface area contributed by atoms with Crippen molar-refractivity contribution in [2.45, 2.75) is 6.92 Å². The van der Waals surface area contributed by atoms with Gasteiger partial charge in [-0.25, -0.2) is 9.78 Å². The molecule has 11 nitrogen and oxygen atoms in total. The number of rotatable bonds is 6. The molecule has 2 saturated heterocycles. The minimum absolute atomic E-state index is 0.0111. The first-order chi connectivity index (χ1) is 18.5. The Hall–Kier alpha value is -4.38. The van der Waals surface area contributed by atoms with Crippen LogP contribution in [0.3, 0.4) is 0 Å². The quantitative estimate of drug-likeness (QED) is 0.423. The van der Waals surface area contributed by atoms with E-state index >= 15 is 0 Å². The van der Waals surface area contributed by atoms with Gasteiger partial charge in [-0.3, -0.25) is 4.79 Å². The number of morpholine rings is 1. The van der Waals surface area contributed by atoms with Gasteiger partial charge in [0.1, 0.15) is 0 Å². The summed E-state index contributed by atoms with van der Waals surface area (Å²) in [5, 5.41) is 6.16. The summed E-state index contributed by atoms with van der Waals surface area (Å²) in [7, 11) is 0. The fourth-order valence-electron chi connectivity index (χ4n) is 4.51. The summed E-state index contributed by atoms with van der Waals surface area (Å²) in [5.41, 5.74) is 10.0. The molecule has 0 bridgehead atoms. The highest BCUT2D eigenvalue weighted by molar-refractivity contribution is 5.95. The molecule has 3 heterocycles. The minimum atomic E-state index is -0.182. The van der Waals surface area contributed by atoms with Gasteiger partial charge >= 0.3 is 6.03 Å². The molecule has 5 rings (SSSR count). The first-order valence-electron chi connectivity index (χ1n) is 12.7. The van der Waals surface area contributed by atoms with Crippen molar-refractivity contribution >= 4 is 46.3 Å². The predicted molar refractivity (Wildman–Crippen MR) is 148 cm³/mol. The first kappa shape index (κ1) is 25.3. The Morgan fingerprint density at radius 3 is 2.18 bits per heavy atom. The fraction of sp³-hybridized carbons (Fsp3) is 0.333. The van der Waals surface area contributed by atoms with Crippen molar-refractivity contribution in [2.24, 2.45) is 0 Å². The summed E-state index contributed by atoms with van der Waals surface area (Å²) in [5.74, 6) is 1.10. The zero-order chi connectivity index (χ0) is 26.5. The maximum atomic E-state index is 12.7. The molecule has 0 unspecified atom stereocenters. The molecule has 3 aromatic rings. The Kier molecular flexibility index (Phi) is 7.55. The van der Waals surface area contributed by atoms with Gasteiger partial charge in [0.15, 0.2) is 11.6 Å². The summed E-state index contributed by atoms with van der Waals surface area (Å²) in [6.07, 6.45) is 1.61. The molecule has 2 aliphatic heterocycles. The fourth-order valence-corrected chi connectivity index (χ4v) is 4.51. The normalized spacial score (nSPS) is 15.8. The lowest BCUT2D eigenvalue weighted by Gasteiger charge is -2.35. The number of urea groups is 1. The van der Waals surface area contributed by atoms with Crippen LogP contribution in [0.4, 0.5) is 39.3 Å². The van der Waals surface area contributed by atoms with E-state index in [1.807, 2.05) is 12.1 Å². The molecular formula is C27H32N8O3. The number of nitrogens with two attached hydrogens (primary N) is 1. The van der Waals surface area contributed by atoms with E-state index in [1.165, 1.54) is 6.92 Å². The van der Waals surface area contributed by atoms with E-state index in [9.17, 15) is 9.59 Å². The van der Waals surface area contributed by atoms with E-state index in [0.717, 1.165) is 37.7 Å². The van der Waals surface area contributed by atoms with Crippen LogP contribution >= 0.6 is 0 Å². The van der Waals surface area contributed by atoms with E-state index in [4.69, 9.17) is 10.5 Å². The number of hydrogen-bond donors (Lipinski definition) is 3. The average Bonchev–Trinajstić information content (AvgIpc) is 2.95. The Morgan fingerprint density at radius 1 is 0.868 bits per heavy atom. The maximum Gasteiger partial charge on any atom is 0.321 e. The molecule has 2 aliphatic rings. The second-order valence-electron chi connectivity index (χ2n) is 9.28. The summed E-state index contributed by atoms with van der Waals surface area (Å²) in [6.45, 7) is 7.01. The van der Waals surface area contributed by atoms with Gasteiger partial charge in [-0.1, -0.05) is 0 Å². The van der Waals surface area contributed by atoms with E-state index in [2.05, 4.69) is 42.5 Å². The number of piperazine rings is 1. The molecule has 198 valence electrons. The number of anilines is 6. The smallest absolute Gasteiger partial charge is 0.321 e. The highest BCUT2D eigenvalue weighted by atomic mass is 16.5. The lowest BCUT2D eigenvalue weighted by atomic mass is 10.1. The van der Waals surface area contributed by atoms with Crippen LogP contribution in [0.1, 0.15) is 17.3 Å². The predicted octanol–water partition coefficient (Wildman–Crippen LogP) is 3.20. The van der Waals surface area contributed by atoms with Crippen molar-refractivity contribution < 1.29 is 14.3 Å². The molecule has 2 fully saturated rings. The Labute approximate surface area is 221 Å². The number of carbonyl (C=O) groups is 2. The number of ketones is 1. The zero-order valence-corrected chi connectivity index (χ0v) is 21.4. The number of carbonyl (C=O) groups excluding carboxylic acids is 2. The Balaban J connectivity index is 1.17. The van der Waals surface area contributed by atoms with Gasteiger partial charge < -0.3 is 35.8 Å². The number of hydrogen-bond acceptors (Lipinski definition) is 9. The van der Waals surface area contributed by atoms with E-state index < -0.39 is 0 Å². The lowest BCUT2D eigenvalue weighted by Crippen LogP contribution is -2.50. The van der Waals surface area contributed by atoms with Crippen LogP contribution in [-0.2, 0) is 4.74 Å². The molecule has 38 heavy (non-hydrogen) atoms. The van der Waals surface area contributed by atoms with Crippen molar-refractivity contribution in [3.63, 3.8) is 0 Å². The summed E-state index contributed by atoms with van der Waals surface area (Å²) >= 11 is 0. The van der Waals surface area contributed by atoms with Crippen LogP contribution in [0.15, 0.2) is 54.7 Å². The van der Waals surface area contributed by atoms with Gasteiger partial charge in [0.05, 0.1) is 25.1 Å². The first-order valence-corrected chi connectivity index (χ1v) is 12.7. The summed E-state index contributed by atoms with van der Waals surface area (Å²) < 4.78 is 5.43. The van der Waals surface area contributed by atoms with Crippen molar-refractivity contribution in [3.05, 3.63) is 60.3 Å². The molecule has 2 aromatic carbocycles. The van der Waals surface area contributed by atoms with Crippen LogP contribution in [0.2, 0.25) is 0 Å². The zero-order valence-electron chi connectivity index (χ0n) is 21.4. The summed E-state index contributed by atoms with van der Waals surface area (Å²) in [4.78, 5) is 39.3. The minimum Gasteiger partial charge on any atom is -0.394 e. The Morgan fingerprint density at radius 2 is 1.53 bits per heavy atom. The number of aromatic nitrogens is 2. The molecule has 0 saturated carbocycles. The standard InChI is InChI=1S/C27H32N8O3/c1-19(36)20-2-4-22(5-3-20)31-27(37)35-12-10-34(11-13-35)25-24(28)18-29-26(32-25)30-21-6-8-23(9-7-21)33-14-16-38-17-15-33/h2-9,18H,10-17,28H2,1H3,(H,31,37)(H,29,30,32). The molecule has 2 amide bonds. The van der Waals surface area contributed by atoms with Crippen LogP contribution in [-0.4, -0.2) is 79.2 Å². The number of amides is 2. The number of benzene rings is 2. The van der Waals surface area contributed by atoms with Gasteiger partial charge in [0.2, 0.25) is 5.95 Å². The van der Waals surface area contributed by atoms with Gasteiger partial charge in [-0.15, -0.1) is 0 Å². The number of nitrogen functional groups attached to an aromatic ring is 1. The number of nitrogens with zero attached hydrogens (tertiary/aromatic N) is 5. The van der Waals surface area contributed by atoms with Crippen LogP contribution < -0.4 is 26.2 Å². The molecule has 1 aromatic heterocycles. The monoisotopic (exact) mass is 516 g/mol. The second kappa shape index (κ2) is 11.3. The van der Waals surface area contributed by atoms with E-state index in [1.54, 1.807) is 35.4 Å². The van der Waals surface area contributed by atoms with Crippen LogP contribution in [0.25, 0.3) is 0 Å². The molecule has 0 atom stereocenters. The third kappa shape index (κ3) is 5.94. The Bertz CT molecular complexity index is 1270. The summed E-state index contributed by atoms with van der Waals surface area (Å²) in [6, 6.07) is 14.9. The van der Waals surface area contributed by atoms with Crippen molar-refractivity contribution in [1.29, 1.82) is 0 Å². The lowest BCUT2D eigenvalue weighted by molar-refractivity contribution is 0.101. The molecule has 4 N–H and O–H groups in total. The second-order valence-corrected chi connectivity index (χ2v) is 9.28. The molecular weight excluding hydrogens is 484 g/mol. The number of nitrogens with one attached hydrogen (secondary N) is 2. The third-order valence-electron chi connectivity index (χ3n) is 6.70. The average molecular weight is 517 g/mol. The highest BCUT2D eigenvalue weighted by Crippen LogP contribution is 2.25.